The van der Waals surface area contributed by atoms with Crippen molar-refractivity contribution in [2.45, 2.75) is 51.1 Å². The summed E-state index contributed by atoms with van der Waals surface area (Å²) in [5, 5.41) is 7.37. The van der Waals surface area contributed by atoms with E-state index in [1.165, 1.54) is 49.5 Å². The minimum absolute atomic E-state index is 0.144. The summed E-state index contributed by atoms with van der Waals surface area (Å²) in [4.78, 5) is 7.47. The van der Waals surface area contributed by atoms with Crippen LogP contribution in [0.3, 0.4) is 0 Å². The maximum absolute atomic E-state index is 4.81. The van der Waals surface area contributed by atoms with E-state index in [1.54, 1.807) is 0 Å². The molecule has 3 heterocycles. The Balaban J connectivity index is 1.93. The van der Waals surface area contributed by atoms with Gasteiger partial charge in [0.2, 0.25) is 0 Å². The Morgan fingerprint density at radius 3 is 3.17 bits per heavy atom. The third-order valence-electron chi connectivity index (χ3n) is 4.42. The lowest BCUT2D eigenvalue weighted by molar-refractivity contribution is 0.225. The van der Waals surface area contributed by atoms with Gasteiger partial charge in [0.05, 0.1) is 5.54 Å². The van der Waals surface area contributed by atoms with Crippen LogP contribution in [0.15, 0.2) is 5.38 Å². The summed E-state index contributed by atoms with van der Waals surface area (Å²) in [6, 6.07) is 0.676. The lowest BCUT2D eigenvalue weighted by Gasteiger charge is -2.34. The van der Waals surface area contributed by atoms with Crippen LogP contribution in [0.4, 0.5) is 0 Å². The largest absolute Gasteiger partial charge is 0.304 e. The zero-order valence-electron chi connectivity index (χ0n) is 11.4. The highest BCUT2D eigenvalue weighted by Gasteiger charge is 2.51. The number of fused-ring (bicyclic) bond motifs is 1. The quantitative estimate of drug-likeness (QED) is 0.906. The van der Waals surface area contributed by atoms with Crippen molar-refractivity contribution in [3.05, 3.63) is 16.1 Å². The minimum atomic E-state index is 0.144. The van der Waals surface area contributed by atoms with E-state index in [-0.39, 0.29) is 5.54 Å². The van der Waals surface area contributed by atoms with Crippen LogP contribution in [-0.2, 0) is 5.54 Å². The van der Waals surface area contributed by atoms with Gasteiger partial charge in [-0.2, -0.15) is 0 Å². The van der Waals surface area contributed by atoms with Crippen LogP contribution in [-0.4, -0.2) is 35.6 Å². The van der Waals surface area contributed by atoms with E-state index in [2.05, 4.69) is 29.4 Å². The standard InChI is InChI=1S/C14H23N3S/c1-3-7-15-14(13-16-11(2)10-18-13)6-9-17-8-4-5-12(14)17/h10,12,15H,3-9H2,1-2H3. The second-order valence-electron chi connectivity index (χ2n) is 5.64. The van der Waals surface area contributed by atoms with E-state index < -0.39 is 0 Å². The molecule has 3 nitrogen and oxygen atoms in total. The SMILES string of the molecule is CCCNC1(c2nc(C)cs2)CCN2CCCC21. The van der Waals surface area contributed by atoms with Gasteiger partial charge in [-0.15, -0.1) is 11.3 Å². The zero-order valence-corrected chi connectivity index (χ0v) is 12.2. The zero-order chi connectivity index (χ0) is 12.6. The summed E-state index contributed by atoms with van der Waals surface area (Å²) in [5.41, 5.74) is 1.31. The van der Waals surface area contributed by atoms with Crippen LogP contribution in [0.2, 0.25) is 0 Å². The molecule has 1 aromatic rings. The number of hydrogen-bond donors (Lipinski definition) is 1. The first-order valence-corrected chi connectivity index (χ1v) is 8.06. The van der Waals surface area contributed by atoms with E-state index in [9.17, 15) is 0 Å². The minimum Gasteiger partial charge on any atom is -0.304 e. The molecule has 18 heavy (non-hydrogen) atoms. The van der Waals surface area contributed by atoms with Crippen molar-refractivity contribution in [3.8, 4) is 0 Å². The number of aryl methyl sites for hydroxylation is 1. The van der Waals surface area contributed by atoms with Crippen LogP contribution in [0, 0.1) is 6.92 Å². The Hall–Kier alpha value is -0.450. The molecule has 3 rings (SSSR count). The molecule has 0 amide bonds. The van der Waals surface area contributed by atoms with Crippen LogP contribution < -0.4 is 5.32 Å². The summed E-state index contributed by atoms with van der Waals surface area (Å²) in [6.07, 6.45) is 5.10. The third kappa shape index (κ3) is 1.91. The fraction of sp³-hybridized carbons (Fsp3) is 0.786. The van der Waals surface area contributed by atoms with Crippen molar-refractivity contribution in [1.29, 1.82) is 0 Å². The molecule has 0 saturated carbocycles. The van der Waals surface area contributed by atoms with E-state index in [4.69, 9.17) is 4.98 Å². The monoisotopic (exact) mass is 265 g/mol. The predicted octanol–water partition coefficient (Wildman–Crippen LogP) is 2.51. The van der Waals surface area contributed by atoms with Crippen LogP contribution in [0.5, 0.6) is 0 Å². The van der Waals surface area contributed by atoms with Gasteiger partial charge in [0.25, 0.3) is 0 Å². The van der Waals surface area contributed by atoms with Gasteiger partial charge in [0, 0.05) is 23.7 Å². The third-order valence-corrected chi connectivity index (χ3v) is 5.55. The molecule has 2 atom stereocenters. The smallest absolute Gasteiger partial charge is 0.115 e. The van der Waals surface area contributed by atoms with E-state index >= 15 is 0 Å². The summed E-state index contributed by atoms with van der Waals surface area (Å²) >= 11 is 1.84. The van der Waals surface area contributed by atoms with Crippen molar-refractivity contribution >= 4 is 11.3 Å². The Bertz CT molecular complexity index is 417. The van der Waals surface area contributed by atoms with E-state index in [0.717, 1.165) is 6.54 Å². The molecule has 2 aliphatic rings. The van der Waals surface area contributed by atoms with Crippen LogP contribution >= 0.6 is 11.3 Å². The normalized spacial score (nSPS) is 32.0. The average Bonchev–Trinajstić information content (AvgIpc) is 3.03. The van der Waals surface area contributed by atoms with Gasteiger partial charge in [-0.3, -0.25) is 4.90 Å². The van der Waals surface area contributed by atoms with E-state index in [0.29, 0.717) is 6.04 Å². The summed E-state index contributed by atoms with van der Waals surface area (Å²) in [7, 11) is 0. The molecule has 0 aliphatic carbocycles. The van der Waals surface area contributed by atoms with Gasteiger partial charge < -0.3 is 5.32 Å². The Kier molecular flexibility index (Phi) is 3.43. The topological polar surface area (TPSA) is 28.2 Å². The number of nitrogens with zero attached hydrogens (tertiary/aromatic N) is 2. The first-order valence-electron chi connectivity index (χ1n) is 7.18. The fourth-order valence-electron chi connectivity index (χ4n) is 3.58. The number of thiazole rings is 1. The number of rotatable bonds is 4. The van der Waals surface area contributed by atoms with Gasteiger partial charge in [-0.1, -0.05) is 6.92 Å². The number of hydrogen-bond acceptors (Lipinski definition) is 4. The molecule has 2 saturated heterocycles. The lowest BCUT2D eigenvalue weighted by atomic mass is 9.89. The highest BCUT2D eigenvalue weighted by atomic mass is 32.1. The van der Waals surface area contributed by atoms with E-state index in [1.807, 2.05) is 11.3 Å². The number of aromatic nitrogens is 1. The molecule has 0 radical (unpaired) electrons. The van der Waals surface area contributed by atoms with Gasteiger partial charge in [-0.25, -0.2) is 4.98 Å². The molecular weight excluding hydrogens is 242 g/mol. The Morgan fingerprint density at radius 2 is 2.44 bits per heavy atom. The molecule has 2 fully saturated rings. The average molecular weight is 265 g/mol. The van der Waals surface area contributed by atoms with Crippen molar-refractivity contribution in [1.82, 2.24) is 15.2 Å². The first kappa shape index (κ1) is 12.6. The highest BCUT2D eigenvalue weighted by Crippen LogP contribution is 2.43. The van der Waals surface area contributed by atoms with Crippen molar-refractivity contribution < 1.29 is 0 Å². The molecule has 2 unspecified atom stereocenters. The second kappa shape index (κ2) is 4.91. The second-order valence-corrected chi connectivity index (χ2v) is 6.49. The molecule has 1 N–H and O–H groups in total. The number of nitrogens with one attached hydrogen (secondary N) is 1. The summed E-state index contributed by atoms with van der Waals surface area (Å²) < 4.78 is 0. The first-order chi connectivity index (χ1) is 8.76. The van der Waals surface area contributed by atoms with Gasteiger partial charge in [-0.05, 0) is 45.7 Å². The van der Waals surface area contributed by atoms with Crippen LogP contribution in [0.25, 0.3) is 0 Å². The fourth-order valence-corrected chi connectivity index (χ4v) is 4.63. The van der Waals surface area contributed by atoms with Gasteiger partial charge in [0.1, 0.15) is 5.01 Å². The Morgan fingerprint density at radius 1 is 1.56 bits per heavy atom. The maximum atomic E-state index is 4.81. The Labute approximate surface area is 114 Å². The molecule has 2 aliphatic heterocycles. The lowest BCUT2D eigenvalue weighted by Crippen LogP contribution is -2.50. The molecule has 100 valence electrons. The van der Waals surface area contributed by atoms with Crippen molar-refractivity contribution in [3.63, 3.8) is 0 Å². The van der Waals surface area contributed by atoms with Crippen molar-refractivity contribution in [2.24, 2.45) is 0 Å². The molecule has 0 bridgehead atoms. The molecule has 0 aromatic carbocycles. The highest BCUT2D eigenvalue weighted by molar-refractivity contribution is 7.09. The summed E-state index contributed by atoms with van der Waals surface area (Å²) in [5.74, 6) is 0. The molecule has 1 aromatic heterocycles. The maximum Gasteiger partial charge on any atom is 0.115 e. The summed E-state index contributed by atoms with van der Waals surface area (Å²) in [6.45, 7) is 7.97. The molecule has 4 heteroatoms. The predicted molar refractivity (Wildman–Crippen MR) is 76.0 cm³/mol. The van der Waals surface area contributed by atoms with Gasteiger partial charge in [0.15, 0.2) is 0 Å². The van der Waals surface area contributed by atoms with Crippen molar-refractivity contribution in [2.75, 3.05) is 19.6 Å². The van der Waals surface area contributed by atoms with Gasteiger partial charge >= 0.3 is 0 Å². The molecule has 0 spiro atoms. The van der Waals surface area contributed by atoms with Crippen LogP contribution in [0.1, 0.15) is 43.3 Å². The molecular formula is C14H23N3S.